The van der Waals surface area contributed by atoms with E-state index in [-0.39, 0.29) is 5.91 Å². The van der Waals surface area contributed by atoms with Crippen molar-refractivity contribution in [1.82, 2.24) is 4.98 Å². The van der Waals surface area contributed by atoms with Crippen LogP contribution in [0.1, 0.15) is 10.4 Å². The van der Waals surface area contributed by atoms with Crippen molar-refractivity contribution in [2.24, 2.45) is 0 Å². The summed E-state index contributed by atoms with van der Waals surface area (Å²) in [5.74, 6) is -0.119. The molecule has 0 bridgehead atoms. The quantitative estimate of drug-likeness (QED) is 0.873. The summed E-state index contributed by atoms with van der Waals surface area (Å²) in [5, 5.41) is 2.86. The van der Waals surface area contributed by atoms with Crippen LogP contribution in [0.15, 0.2) is 52.1 Å². The van der Waals surface area contributed by atoms with E-state index in [1.165, 1.54) is 0 Å². The minimum atomic E-state index is -0.119. The van der Waals surface area contributed by atoms with Gasteiger partial charge in [0.2, 0.25) is 0 Å². The Balaban J connectivity index is 2.25. The number of nitrogens with zero attached hydrogens (tertiary/aromatic N) is 1. The van der Waals surface area contributed by atoms with E-state index in [2.05, 4.69) is 26.2 Å². The Hall–Kier alpha value is -1.33. The average Bonchev–Trinajstić information content (AvgIpc) is 2.41. The number of carbonyl (C=O) groups is 1. The van der Waals surface area contributed by atoms with Crippen LogP contribution in [0.4, 0.5) is 5.69 Å². The molecule has 0 saturated carbocycles. The lowest BCUT2D eigenvalue weighted by Gasteiger charge is -2.09. The molecule has 1 amide bonds. The van der Waals surface area contributed by atoms with Crippen LogP contribution in [-0.4, -0.2) is 17.1 Å². The van der Waals surface area contributed by atoms with Gasteiger partial charge in [-0.3, -0.25) is 9.78 Å². The largest absolute Gasteiger partial charge is 0.321 e. The summed E-state index contributed by atoms with van der Waals surface area (Å²) >= 11 is 4.90. The topological polar surface area (TPSA) is 42.0 Å². The van der Waals surface area contributed by atoms with Crippen LogP contribution >= 0.6 is 27.7 Å². The number of amides is 1. The van der Waals surface area contributed by atoms with Crippen LogP contribution in [0.5, 0.6) is 0 Å². The predicted molar refractivity (Wildman–Crippen MR) is 78.1 cm³/mol. The summed E-state index contributed by atoms with van der Waals surface area (Å²) in [6.45, 7) is 0. The van der Waals surface area contributed by atoms with Crippen LogP contribution in [0.25, 0.3) is 0 Å². The Morgan fingerprint density at radius 3 is 2.83 bits per heavy atom. The molecule has 0 saturated heterocycles. The second kappa shape index (κ2) is 6.02. The van der Waals surface area contributed by atoms with Gasteiger partial charge >= 0.3 is 0 Å². The van der Waals surface area contributed by atoms with Crippen molar-refractivity contribution in [3.63, 3.8) is 0 Å². The lowest BCUT2D eigenvalue weighted by Crippen LogP contribution is -2.13. The molecule has 1 aromatic heterocycles. The molecule has 18 heavy (non-hydrogen) atoms. The minimum Gasteiger partial charge on any atom is -0.321 e. The minimum absolute atomic E-state index is 0.119. The molecule has 0 fully saturated rings. The van der Waals surface area contributed by atoms with E-state index in [4.69, 9.17) is 0 Å². The van der Waals surface area contributed by atoms with Crippen molar-refractivity contribution in [3.05, 3.63) is 52.8 Å². The van der Waals surface area contributed by atoms with Crippen molar-refractivity contribution in [2.45, 2.75) is 4.90 Å². The summed E-state index contributed by atoms with van der Waals surface area (Å²) < 4.78 is 0.764. The maximum atomic E-state index is 12.2. The molecule has 2 aromatic rings. The molecular weight excluding hydrogens is 312 g/mol. The van der Waals surface area contributed by atoms with Crippen LogP contribution in [0.3, 0.4) is 0 Å². The Kier molecular flexibility index (Phi) is 4.38. The summed E-state index contributed by atoms with van der Waals surface area (Å²) in [5.41, 5.74) is 1.39. The third-order valence-electron chi connectivity index (χ3n) is 2.37. The third-order valence-corrected chi connectivity index (χ3v) is 3.80. The number of hydrogen-bond acceptors (Lipinski definition) is 3. The van der Waals surface area contributed by atoms with Crippen molar-refractivity contribution in [1.29, 1.82) is 0 Å². The fraction of sp³-hybridized carbons (Fsp3) is 0.0769. The number of carbonyl (C=O) groups excluding carboxylic acids is 1. The second-order valence-corrected chi connectivity index (χ2v) is 5.21. The first-order chi connectivity index (χ1) is 8.72. The zero-order chi connectivity index (χ0) is 13.0. The van der Waals surface area contributed by atoms with Crippen LogP contribution in [0.2, 0.25) is 0 Å². The van der Waals surface area contributed by atoms with Gasteiger partial charge in [0.25, 0.3) is 5.91 Å². The van der Waals surface area contributed by atoms with Gasteiger partial charge in [-0.15, -0.1) is 11.8 Å². The first-order valence-corrected chi connectivity index (χ1v) is 7.28. The molecule has 0 atom stereocenters. The molecule has 0 aliphatic carbocycles. The van der Waals surface area contributed by atoms with E-state index in [0.29, 0.717) is 11.3 Å². The SMILES string of the molecule is CSc1ccccc1C(=O)Nc1ccncc1Br. The number of aromatic nitrogens is 1. The number of halogens is 1. The number of nitrogens with one attached hydrogen (secondary N) is 1. The zero-order valence-corrected chi connectivity index (χ0v) is 12.1. The molecule has 0 spiro atoms. The van der Waals surface area contributed by atoms with E-state index >= 15 is 0 Å². The van der Waals surface area contributed by atoms with Gasteiger partial charge in [-0.25, -0.2) is 0 Å². The van der Waals surface area contributed by atoms with Gasteiger partial charge in [0, 0.05) is 17.3 Å². The molecule has 1 aromatic carbocycles. The molecule has 3 nitrogen and oxygen atoms in total. The Bertz CT molecular complexity index is 574. The highest BCUT2D eigenvalue weighted by atomic mass is 79.9. The monoisotopic (exact) mass is 322 g/mol. The number of rotatable bonds is 3. The smallest absolute Gasteiger partial charge is 0.256 e. The fourth-order valence-corrected chi connectivity index (χ4v) is 2.44. The number of pyridine rings is 1. The fourth-order valence-electron chi connectivity index (χ4n) is 1.50. The molecule has 0 radical (unpaired) electrons. The molecule has 0 unspecified atom stereocenters. The van der Waals surface area contributed by atoms with Gasteiger partial charge in [0.15, 0.2) is 0 Å². The van der Waals surface area contributed by atoms with Gasteiger partial charge in [0.05, 0.1) is 15.7 Å². The van der Waals surface area contributed by atoms with E-state index in [1.54, 1.807) is 30.2 Å². The molecule has 1 heterocycles. The lowest BCUT2D eigenvalue weighted by molar-refractivity contribution is 0.102. The highest BCUT2D eigenvalue weighted by Gasteiger charge is 2.11. The van der Waals surface area contributed by atoms with Gasteiger partial charge in [-0.1, -0.05) is 12.1 Å². The van der Waals surface area contributed by atoms with E-state index in [9.17, 15) is 4.79 Å². The number of anilines is 1. The summed E-state index contributed by atoms with van der Waals surface area (Å²) in [4.78, 5) is 17.1. The Labute approximate surface area is 118 Å². The first-order valence-electron chi connectivity index (χ1n) is 5.26. The highest BCUT2D eigenvalue weighted by molar-refractivity contribution is 9.10. The van der Waals surface area contributed by atoms with E-state index in [0.717, 1.165) is 9.37 Å². The predicted octanol–water partition coefficient (Wildman–Crippen LogP) is 3.82. The van der Waals surface area contributed by atoms with E-state index < -0.39 is 0 Å². The molecule has 5 heteroatoms. The molecule has 2 rings (SSSR count). The van der Waals surface area contributed by atoms with Crippen molar-refractivity contribution in [2.75, 3.05) is 11.6 Å². The average molecular weight is 323 g/mol. The van der Waals surface area contributed by atoms with Gasteiger partial charge in [-0.2, -0.15) is 0 Å². The summed E-state index contributed by atoms with van der Waals surface area (Å²) in [6.07, 6.45) is 5.24. The summed E-state index contributed by atoms with van der Waals surface area (Å²) in [7, 11) is 0. The lowest BCUT2D eigenvalue weighted by atomic mass is 10.2. The molecule has 0 aliphatic rings. The van der Waals surface area contributed by atoms with Crippen LogP contribution < -0.4 is 5.32 Å². The highest BCUT2D eigenvalue weighted by Crippen LogP contribution is 2.24. The number of thioether (sulfide) groups is 1. The maximum Gasteiger partial charge on any atom is 0.256 e. The van der Waals surface area contributed by atoms with Gasteiger partial charge < -0.3 is 5.32 Å². The normalized spacial score (nSPS) is 10.1. The van der Waals surface area contributed by atoms with E-state index in [1.807, 2.05) is 30.5 Å². The van der Waals surface area contributed by atoms with Crippen molar-refractivity contribution in [3.8, 4) is 0 Å². The molecule has 1 N–H and O–H groups in total. The van der Waals surface area contributed by atoms with Crippen molar-refractivity contribution < 1.29 is 4.79 Å². The third kappa shape index (κ3) is 2.91. The maximum absolute atomic E-state index is 12.2. The Morgan fingerprint density at radius 2 is 2.11 bits per heavy atom. The molecule has 92 valence electrons. The summed E-state index contributed by atoms with van der Waals surface area (Å²) in [6, 6.07) is 9.28. The number of benzene rings is 1. The number of hydrogen-bond donors (Lipinski definition) is 1. The standard InChI is InChI=1S/C13H11BrN2OS/c1-18-12-5-3-2-4-9(12)13(17)16-11-6-7-15-8-10(11)14/h2-8H,1H3,(H,15,16,17). The van der Waals surface area contributed by atoms with Crippen molar-refractivity contribution >= 4 is 39.3 Å². The second-order valence-electron chi connectivity index (χ2n) is 3.51. The van der Waals surface area contributed by atoms with Crippen LogP contribution in [-0.2, 0) is 0 Å². The van der Waals surface area contributed by atoms with Gasteiger partial charge in [-0.05, 0) is 40.4 Å². The molecular formula is C13H11BrN2OS. The van der Waals surface area contributed by atoms with Gasteiger partial charge in [0.1, 0.15) is 0 Å². The zero-order valence-electron chi connectivity index (χ0n) is 9.68. The first kappa shape index (κ1) is 13.1. The van der Waals surface area contributed by atoms with Crippen LogP contribution in [0, 0.1) is 0 Å². The molecule has 0 aliphatic heterocycles. The Morgan fingerprint density at radius 1 is 1.33 bits per heavy atom.